The molecule has 6 heteroatoms. The van der Waals surface area contributed by atoms with E-state index in [-0.39, 0.29) is 17.6 Å². The summed E-state index contributed by atoms with van der Waals surface area (Å²) in [5.41, 5.74) is 0.449. The van der Waals surface area contributed by atoms with Crippen LogP contribution in [0.3, 0.4) is 0 Å². The minimum atomic E-state index is -0.477. The molecule has 1 aromatic carbocycles. The Morgan fingerprint density at radius 2 is 1.76 bits per heavy atom. The number of piperazine rings is 1. The number of benzene rings is 1. The van der Waals surface area contributed by atoms with Crippen molar-refractivity contribution in [2.45, 2.75) is 31.6 Å². The van der Waals surface area contributed by atoms with E-state index in [2.05, 4.69) is 10.2 Å². The van der Waals surface area contributed by atoms with Crippen molar-refractivity contribution in [1.82, 2.24) is 15.1 Å². The largest absolute Gasteiger partial charge is 0.355 e. The predicted octanol–water partition coefficient (Wildman–Crippen LogP) is 1.53. The molecule has 3 rings (SSSR count). The van der Waals surface area contributed by atoms with Crippen molar-refractivity contribution in [2.75, 3.05) is 39.3 Å². The van der Waals surface area contributed by atoms with Gasteiger partial charge in [0.15, 0.2) is 0 Å². The zero-order valence-electron chi connectivity index (χ0n) is 14.8. The van der Waals surface area contributed by atoms with Crippen molar-refractivity contribution >= 4 is 11.8 Å². The molecule has 1 saturated carbocycles. The van der Waals surface area contributed by atoms with Crippen LogP contribution in [0, 0.1) is 5.82 Å². The van der Waals surface area contributed by atoms with Crippen molar-refractivity contribution in [3.05, 3.63) is 35.6 Å². The number of halogens is 1. The SMILES string of the molecule is CCNC(=O)CN1CCN(C(=O)C2(c3ccc(F)cc3)CCC2)CC1. The number of likely N-dealkylation sites (N-methyl/N-ethyl adjacent to an activating group) is 1. The molecule has 0 bridgehead atoms. The van der Waals surface area contributed by atoms with Gasteiger partial charge in [-0.1, -0.05) is 18.6 Å². The van der Waals surface area contributed by atoms with Gasteiger partial charge in [-0.3, -0.25) is 14.5 Å². The van der Waals surface area contributed by atoms with Crippen LogP contribution in [0.5, 0.6) is 0 Å². The summed E-state index contributed by atoms with van der Waals surface area (Å²) in [6, 6.07) is 6.37. The first-order chi connectivity index (χ1) is 12.0. The maximum absolute atomic E-state index is 13.2. The second kappa shape index (κ2) is 7.52. The Bertz CT molecular complexity index is 620. The summed E-state index contributed by atoms with van der Waals surface area (Å²) in [5, 5.41) is 2.80. The second-order valence-electron chi connectivity index (χ2n) is 6.96. The van der Waals surface area contributed by atoms with Crippen LogP contribution in [-0.4, -0.2) is 60.9 Å². The van der Waals surface area contributed by atoms with Crippen molar-refractivity contribution in [1.29, 1.82) is 0 Å². The molecule has 0 radical (unpaired) electrons. The number of carbonyl (C=O) groups is 2. The number of carbonyl (C=O) groups excluding carboxylic acids is 2. The Morgan fingerprint density at radius 3 is 2.28 bits per heavy atom. The fourth-order valence-corrected chi connectivity index (χ4v) is 3.79. The molecular formula is C19H26FN3O2. The van der Waals surface area contributed by atoms with Crippen molar-refractivity contribution < 1.29 is 14.0 Å². The monoisotopic (exact) mass is 347 g/mol. The van der Waals surface area contributed by atoms with Crippen LogP contribution in [0.2, 0.25) is 0 Å². The van der Waals surface area contributed by atoms with Crippen LogP contribution in [0.25, 0.3) is 0 Å². The molecule has 2 amide bonds. The van der Waals surface area contributed by atoms with Crippen LogP contribution in [0.1, 0.15) is 31.7 Å². The van der Waals surface area contributed by atoms with Gasteiger partial charge < -0.3 is 10.2 Å². The van der Waals surface area contributed by atoms with E-state index < -0.39 is 5.41 Å². The summed E-state index contributed by atoms with van der Waals surface area (Å²) in [5.74, 6) is -0.0864. The number of hydrogen-bond donors (Lipinski definition) is 1. The third-order valence-electron chi connectivity index (χ3n) is 5.41. The average Bonchev–Trinajstić information content (AvgIpc) is 2.56. The minimum Gasteiger partial charge on any atom is -0.355 e. The van der Waals surface area contributed by atoms with Gasteiger partial charge >= 0.3 is 0 Å². The van der Waals surface area contributed by atoms with E-state index in [1.165, 1.54) is 12.1 Å². The van der Waals surface area contributed by atoms with Crippen molar-refractivity contribution in [3.8, 4) is 0 Å². The van der Waals surface area contributed by atoms with E-state index in [4.69, 9.17) is 0 Å². The average molecular weight is 347 g/mol. The minimum absolute atomic E-state index is 0.0315. The summed E-state index contributed by atoms with van der Waals surface area (Å²) in [6.45, 7) is 5.63. The van der Waals surface area contributed by atoms with E-state index in [1.54, 1.807) is 12.1 Å². The van der Waals surface area contributed by atoms with E-state index in [9.17, 15) is 14.0 Å². The number of hydrogen-bond acceptors (Lipinski definition) is 3. The lowest BCUT2D eigenvalue weighted by Crippen LogP contribution is -2.57. The molecule has 0 aromatic heterocycles. The molecule has 1 aromatic rings. The first-order valence-corrected chi connectivity index (χ1v) is 9.09. The van der Waals surface area contributed by atoms with Gasteiger partial charge in [-0.05, 0) is 37.5 Å². The lowest BCUT2D eigenvalue weighted by molar-refractivity contribution is -0.142. The molecule has 0 spiro atoms. The summed E-state index contributed by atoms with van der Waals surface area (Å²) in [7, 11) is 0. The predicted molar refractivity (Wildman–Crippen MR) is 93.6 cm³/mol. The summed E-state index contributed by atoms with van der Waals surface area (Å²) < 4.78 is 13.2. The molecule has 2 aliphatic rings. The third kappa shape index (κ3) is 3.68. The Hall–Kier alpha value is -1.95. The summed E-state index contributed by atoms with van der Waals surface area (Å²) in [4.78, 5) is 28.8. The molecule has 25 heavy (non-hydrogen) atoms. The fraction of sp³-hybridized carbons (Fsp3) is 0.579. The van der Waals surface area contributed by atoms with Gasteiger partial charge in [0.25, 0.3) is 0 Å². The highest BCUT2D eigenvalue weighted by atomic mass is 19.1. The Morgan fingerprint density at radius 1 is 1.12 bits per heavy atom. The maximum Gasteiger partial charge on any atom is 0.234 e. The van der Waals surface area contributed by atoms with Crippen LogP contribution in [0.15, 0.2) is 24.3 Å². The molecule has 1 N–H and O–H groups in total. The van der Waals surface area contributed by atoms with Gasteiger partial charge in [0.1, 0.15) is 5.82 Å². The molecule has 0 atom stereocenters. The highest BCUT2D eigenvalue weighted by Gasteiger charge is 2.47. The van der Waals surface area contributed by atoms with Gasteiger partial charge in [0.05, 0.1) is 12.0 Å². The zero-order chi connectivity index (χ0) is 17.9. The molecular weight excluding hydrogens is 321 g/mol. The highest BCUT2D eigenvalue weighted by Crippen LogP contribution is 2.45. The lowest BCUT2D eigenvalue weighted by atomic mass is 9.63. The van der Waals surface area contributed by atoms with Crippen LogP contribution >= 0.6 is 0 Å². The highest BCUT2D eigenvalue weighted by molar-refractivity contribution is 5.89. The number of rotatable bonds is 5. The Labute approximate surface area is 148 Å². The maximum atomic E-state index is 13.2. The molecule has 1 saturated heterocycles. The van der Waals surface area contributed by atoms with Gasteiger partial charge in [-0.2, -0.15) is 0 Å². The van der Waals surface area contributed by atoms with E-state index in [0.29, 0.717) is 39.3 Å². The number of nitrogens with zero attached hydrogens (tertiary/aromatic N) is 2. The van der Waals surface area contributed by atoms with E-state index >= 15 is 0 Å². The van der Waals surface area contributed by atoms with E-state index in [0.717, 1.165) is 24.8 Å². The van der Waals surface area contributed by atoms with Crippen LogP contribution in [-0.2, 0) is 15.0 Å². The van der Waals surface area contributed by atoms with Crippen LogP contribution < -0.4 is 5.32 Å². The normalized spacial score (nSPS) is 20.0. The van der Waals surface area contributed by atoms with Crippen molar-refractivity contribution in [2.24, 2.45) is 0 Å². The zero-order valence-corrected chi connectivity index (χ0v) is 14.8. The molecule has 1 aliphatic heterocycles. The Balaban J connectivity index is 1.61. The first kappa shape index (κ1) is 17.9. The quantitative estimate of drug-likeness (QED) is 0.879. The van der Waals surface area contributed by atoms with Crippen molar-refractivity contribution in [3.63, 3.8) is 0 Å². The molecule has 0 unspecified atom stereocenters. The van der Waals surface area contributed by atoms with Gasteiger partial charge in [-0.25, -0.2) is 4.39 Å². The second-order valence-corrected chi connectivity index (χ2v) is 6.96. The number of amides is 2. The van der Waals surface area contributed by atoms with Gasteiger partial charge in [0, 0.05) is 32.7 Å². The molecule has 2 fully saturated rings. The topological polar surface area (TPSA) is 52.7 Å². The number of nitrogens with one attached hydrogen (secondary N) is 1. The summed E-state index contributed by atoms with van der Waals surface area (Å²) in [6.07, 6.45) is 2.69. The molecule has 1 heterocycles. The van der Waals surface area contributed by atoms with Gasteiger partial charge in [0.2, 0.25) is 11.8 Å². The third-order valence-corrected chi connectivity index (χ3v) is 5.41. The van der Waals surface area contributed by atoms with Gasteiger partial charge in [-0.15, -0.1) is 0 Å². The molecule has 1 aliphatic carbocycles. The summed E-state index contributed by atoms with van der Waals surface area (Å²) >= 11 is 0. The molecule has 5 nitrogen and oxygen atoms in total. The van der Waals surface area contributed by atoms with Crippen LogP contribution in [0.4, 0.5) is 4.39 Å². The standard InChI is InChI=1S/C19H26FN3O2/c1-2-21-17(24)14-22-10-12-23(13-11-22)18(25)19(8-3-9-19)15-4-6-16(20)7-5-15/h4-7H,2-3,8-14H2,1H3,(H,21,24). The lowest BCUT2D eigenvalue weighted by Gasteiger charge is -2.46. The first-order valence-electron chi connectivity index (χ1n) is 9.09. The fourth-order valence-electron chi connectivity index (χ4n) is 3.79. The molecule has 136 valence electrons. The Kier molecular flexibility index (Phi) is 5.37. The van der Waals surface area contributed by atoms with E-state index in [1.807, 2.05) is 11.8 Å². The smallest absolute Gasteiger partial charge is 0.234 e.